The number of aromatic carboxylic acids is 1. The molecule has 0 saturated carbocycles. The Kier molecular flexibility index (Phi) is 3.66. The van der Waals surface area contributed by atoms with Crippen LogP contribution in [0.2, 0.25) is 0 Å². The normalized spacial score (nSPS) is 16.1. The van der Waals surface area contributed by atoms with E-state index in [1.165, 1.54) is 12.3 Å². The van der Waals surface area contributed by atoms with Crippen LogP contribution in [0.15, 0.2) is 35.3 Å². The molecule has 0 saturated heterocycles. The number of fused-ring (bicyclic) bond motifs is 5. The minimum atomic E-state index is -1.21. The van der Waals surface area contributed by atoms with Gasteiger partial charge in [0.2, 0.25) is 0 Å². The molecule has 0 aliphatic carbocycles. The summed E-state index contributed by atoms with van der Waals surface area (Å²) in [6.45, 7) is 6.87. The number of carboxylic acid groups (broad SMARTS) is 1. The Balaban J connectivity index is 2.06. The van der Waals surface area contributed by atoms with Crippen LogP contribution in [0, 0.1) is 5.41 Å². The van der Waals surface area contributed by atoms with Crippen molar-refractivity contribution in [1.29, 1.82) is 0 Å². The van der Waals surface area contributed by atoms with E-state index in [1.54, 1.807) is 7.11 Å². The van der Waals surface area contributed by atoms with Gasteiger partial charge in [-0.05, 0) is 17.5 Å². The lowest BCUT2D eigenvalue weighted by Crippen LogP contribution is -2.35. The quantitative estimate of drug-likeness (QED) is 0.752. The van der Waals surface area contributed by atoms with E-state index in [-0.39, 0.29) is 17.0 Å². The predicted octanol–water partition coefficient (Wildman–Crippen LogP) is 3.17. The molecule has 7 nitrogen and oxygen atoms in total. The summed E-state index contributed by atoms with van der Waals surface area (Å²) in [6.07, 6.45) is 1.47. The van der Waals surface area contributed by atoms with Gasteiger partial charge in [-0.15, -0.1) is 0 Å². The molecule has 0 unspecified atom stereocenters. The van der Waals surface area contributed by atoms with Crippen LogP contribution >= 0.6 is 0 Å². The van der Waals surface area contributed by atoms with E-state index >= 15 is 0 Å². The third kappa shape index (κ3) is 2.61. The number of hydrogen-bond donors (Lipinski definition) is 1. The number of rotatable bonds is 2. The lowest BCUT2D eigenvalue weighted by Gasteiger charge is -2.38. The SMILES string of the molecule is COc1ccc2c3n(nc2c1)C[C@@H](C(C)(C)C)n1cc(C(=O)O)c(=O)cc1-3. The molecule has 0 fully saturated rings. The summed E-state index contributed by atoms with van der Waals surface area (Å²) in [6, 6.07) is 7.01. The second kappa shape index (κ2) is 5.70. The van der Waals surface area contributed by atoms with Crippen LogP contribution in [0.3, 0.4) is 0 Å². The average molecular weight is 367 g/mol. The largest absolute Gasteiger partial charge is 0.497 e. The van der Waals surface area contributed by atoms with Crippen molar-refractivity contribution in [2.24, 2.45) is 5.41 Å². The Morgan fingerprint density at radius 1 is 1.30 bits per heavy atom. The zero-order valence-corrected chi connectivity index (χ0v) is 15.7. The molecular formula is C20H21N3O4. The number of carbonyl (C=O) groups is 1. The van der Waals surface area contributed by atoms with Crippen LogP contribution in [0.5, 0.6) is 5.75 Å². The van der Waals surface area contributed by atoms with Crippen molar-refractivity contribution in [3.05, 3.63) is 46.2 Å². The zero-order valence-electron chi connectivity index (χ0n) is 15.7. The summed E-state index contributed by atoms with van der Waals surface area (Å²) in [5, 5.41) is 15.0. The van der Waals surface area contributed by atoms with Crippen molar-refractivity contribution in [3.8, 4) is 17.1 Å². The number of ether oxygens (including phenoxy) is 1. The van der Waals surface area contributed by atoms with Gasteiger partial charge in [0.15, 0.2) is 5.43 Å². The smallest absolute Gasteiger partial charge is 0.341 e. The fourth-order valence-electron chi connectivity index (χ4n) is 3.74. The van der Waals surface area contributed by atoms with E-state index in [0.29, 0.717) is 18.0 Å². The molecule has 7 heteroatoms. The van der Waals surface area contributed by atoms with Crippen molar-refractivity contribution < 1.29 is 14.6 Å². The van der Waals surface area contributed by atoms with Gasteiger partial charge in [-0.3, -0.25) is 9.48 Å². The van der Waals surface area contributed by atoms with Crippen molar-refractivity contribution in [1.82, 2.24) is 14.3 Å². The highest BCUT2D eigenvalue weighted by Crippen LogP contribution is 2.42. The van der Waals surface area contributed by atoms with Gasteiger partial charge < -0.3 is 14.4 Å². The molecule has 0 radical (unpaired) electrons. The number of pyridine rings is 1. The highest BCUT2D eigenvalue weighted by molar-refractivity contribution is 5.94. The van der Waals surface area contributed by atoms with Crippen molar-refractivity contribution in [2.45, 2.75) is 33.4 Å². The average Bonchev–Trinajstić information content (AvgIpc) is 2.96. The van der Waals surface area contributed by atoms with Gasteiger partial charge in [-0.25, -0.2) is 4.79 Å². The number of hydrogen-bond acceptors (Lipinski definition) is 4. The fourth-order valence-corrected chi connectivity index (χ4v) is 3.74. The number of methoxy groups -OCH3 is 1. The van der Waals surface area contributed by atoms with Crippen molar-refractivity contribution >= 4 is 16.9 Å². The molecule has 0 bridgehead atoms. The van der Waals surface area contributed by atoms with Crippen LogP contribution < -0.4 is 10.2 Å². The number of carboxylic acids is 1. The Morgan fingerprint density at radius 2 is 2.04 bits per heavy atom. The summed E-state index contributed by atoms with van der Waals surface area (Å²) < 4.78 is 9.12. The maximum absolute atomic E-state index is 12.4. The molecule has 3 aromatic rings. The molecule has 1 aliphatic heterocycles. The zero-order chi connectivity index (χ0) is 19.5. The molecule has 1 atom stereocenters. The maximum Gasteiger partial charge on any atom is 0.341 e. The summed E-state index contributed by atoms with van der Waals surface area (Å²) >= 11 is 0. The molecule has 1 aromatic carbocycles. The van der Waals surface area contributed by atoms with Gasteiger partial charge in [-0.1, -0.05) is 20.8 Å². The Morgan fingerprint density at radius 3 is 2.67 bits per heavy atom. The van der Waals surface area contributed by atoms with Gasteiger partial charge >= 0.3 is 5.97 Å². The highest BCUT2D eigenvalue weighted by atomic mass is 16.5. The molecular weight excluding hydrogens is 346 g/mol. The van der Waals surface area contributed by atoms with Gasteiger partial charge in [0, 0.05) is 23.7 Å². The predicted molar refractivity (Wildman–Crippen MR) is 101 cm³/mol. The van der Waals surface area contributed by atoms with Gasteiger partial charge in [0.05, 0.1) is 36.6 Å². The first-order chi connectivity index (χ1) is 12.7. The van der Waals surface area contributed by atoms with Crippen LogP contribution in [0.1, 0.15) is 37.2 Å². The van der Waals surface area contributed by atoms with Gasteiger partial charge in [0.1, 0.15) is 11.3 Å². The summed E-state index contributed by atoms with van der Waals surface area (Å²) in [7, 11) is 1.61. The molecule has 1 N–H and O–H groups in total. The number of nitrogens with zero attached hydrogens (tertiary/aromatic N) is 3. The first-order valence-electron chi connectivity index (χ1n) is 8.75. The molecule has 2 aromatic heterocycles. The molecule has 0 amide bonds. The van der Waals surface area contributed by atoms with Gasteiger partial charge in [0.25, 0.3) is 0 Å². The summed E-state index contributed by atoms with van der Waals surface area (Å²) in [5.74, 6) is -0.499. The first-order valence-corrected chi connectivity index (χ1v) is 8.75. The Labute approximate surface area is 155 Å². The molecule has 1 aliphatic rings. The molecule has 0 spiro atoms. The van der Waals surface area contributed by atoms with E-state index in [1.807, 2.05) is 27.4 Å². The second-order valence-electron chi connectivity index (χ2n) is 7.94. The molecule has 3 heterocycles. The van der Waals surface area contributed by atoms with Crippen LogP contribution in [-0.2, 0) is 6.54 Å². The van der Waals surface area contributed by atoms with E-state index in [0.717, 1.165) is 16.6 Å². The highest BCUT2D eigenvalue weighted by Gasteiger charge is 2.35. The molecule has 140 valence electrons. The lowest BCUT2D eigenvalue weighted by atomic mass is 9.85. The van der Waals surface area contributed by atoms with Crippen LogP contribution in [0.25, 0.3) is 22.3 Å². The third-order valence-electron chi connectivity index (χ3n) is 5.18. The summed E-state index contributed by atoms with van der Waals surface area (Å²) in [5.41, 5.74) is 1.41. The third-order valence-corrected chi connectivity index (χ3v) is 5.18. The van der Waals surface area contributed by atoms with Crippen molar-refractivity contribution in [2.75, 3.05) is 7.11 Å². The monoisotopic (exact) mass is 367 g/mol. The molecule has 27 heavy (non-hydrogen) atoms. The maximum atomic E-state index is 12.4. The topological polar surface area (TPSA) is 86.3 Å². The van der Waals surface area contributed by atoms with E-state index in [2.05, 4.69) is 20.8 Å². The van der Waals surface area contributed by atoms with Crippen molar-refractivity contribution in [3.63, 3.8) is 0 Å². The van der Waals surface area contributed by atoms with Crippen LogP contribution in [-0.4, -0.2) is 32.5 Å². The standard InChI is InChI=1S/C20H21N3O4/c1-20(2,3)17-10-23-18(12-6-5-11(27-4)7-14(12)21-23)15-8-16(24)13(19(25)26)9-22(15)17/h5-9,17H,10H2,1-4H3,(H,25,26)/t17-/m0/s1. The van der Waals surface area contributed by atoms with E-state index < -0.39 is 11.4 Å². The minimum absolute atomic E-state index is 0.0464. The van der Waals surface area contributed by atoms with Gasteiger partial charge in [-0.2, -0.15) is 5.10 Å². The van der Waals surface area contributed by atoms with Crippen LogP contribution in [0.4, 0.5) is 0 Å². The second-order valence-corrected chi connectivity index (χ2v) is 7.94. The number of benzene rings is 1. The van der Waals surface area contributed by atoms with E-state index in [4.69, 9.17) is 9.84 Å². The fraction of sp³-hybridized carbons (Fsp3) is 0.350. The number of aromatic nitrogens is 3. The van der Waals surface area contributed by atoms with E-state index in [9.17, 15) is 14.7 Å². The lowest BCUT2D eigenvalue weighted by molar-refractivity contribution is 0.0693. The Bertz CT molecular complexity index is 1130. The molecule has 4 rings (SSSR count). The Hall–Kier alpha value is -3.09. The first kappa shape index (κ1) is 17.3. The summed E-state index contributed by atoms with van der Waals surface area (Å²) in [4.78, 5) is 23.9. The minimum Gasteiger partial charge on any atom is -0.497 e.